The molecule has 0 aliphatic carbocycles. The molecular weight excluding hydrogens is 250 g/mol. The summed E-state index contributed by atoms with van der Waals surface area (Å²) in [4.78, 5) is 14.3. The molecule has 0 saturated carbocycles. The van der Waals surface area contributed by atoms with Gasteiger partial charge in [0.1, 0.15) is 5.82 Å². The summed E-state index contributed by atoms with van der Waals surface area (Å²) >= 11 is 0. The number of hydrogen-bond donors (Lipinski definition) is 2. The van der Waals surface area contributed by atoms with Crippen LogP contribution in [0.4, 0.5) is 0 Å². The standard InChI is InChI=1S/C15H25N5/c1-11-18-13-12(6-7-16-14(13)19-11)10-20(5)9-8-17-15(2,3)4/h6-7,17H,8-10H2,1-5H3,(H,16,18,19). The lowest BCUT2D eigenvalue weighted by Gasteiger charge is -2.23. The van der Waals surface area contributed by atoms with E-state index in [1.54, 1.807) is 0 Å². The van der Waals surface area contributed by atoms with E-state index in [0.717, 1.165) is 36.6 Å². The summed E-state index contributed by atoms with van der Waals surface area (Å²) in [5, 5.41) is 3.51. The molecule has 2 N–H and O–H groups in total. The number of likely N-dealkylation sites (N-methyl/N-ethyl adjacent to an activating group) is 1. The lowest BCUT2D eigenvalue weighted by Crippen LogP contribution is -2.40. The first kappa shape index (κ1) is 14.9. The molecule has 2 aromatic rings. The lowest BCUT2D eigenvalue weighted by atomic mass is 10.1. The first-order valence-corrected chi connectivity index (χ1v) is 7.09. The van der Waals surface area contributed by atoms with Crippen LogP contribution in [-0.4, -0.2) is 45.5 Å². The second kappa shape index (κ2) is 5.89. The minimum absolute atomic E-state index is 0.172. The fourth-order valence-electron chi connectivity index (χ4n) is 2.20. The molecule has 2 rings (SSSR count). The van der Waals surface area contributed by atoms with Gasteiger partial charge < -0.3 is 15.2 Å². The first-order valence-electron chi connectivity index (χ1n) is 7.09. The van der Waals surface area contributed by atoms with E-state index in [1.807, 2.05) is 13.1 Å². The molecule has 5 nitrogen and oxygen atoms in total. The highest BCUT2D eigenvalue weighted by Gasteiger charge is 2.11. The van der Waals surface area contributed by atoms with Crippen LogP contribution >= 0.6 is 0 Å². The van der Waals surface area contributed by atoms with Gasteiger partial charge in [0.25, 0.3) is 0 Å². The Hall–Kier alpha value is -1.46. The van der Waals surface area contributed by atoms with Crippen LogP contribution in [0.5, 0.6) is 0 Å². The number of fused-ring (bicyclic) bond motifs is 1. The van der Waals surface area contributed by atoms with Gasteiger partial charge in [-0.1, -0.05) is 0 Å². The smallest absolute Gasteiger partial charge is 0.177 e. The number of H-pyrrole nitrogens is 1. The van der Waals surface area contributed by atoms with Gasteiger partial charge in [-0.05, 0) is 46.4 Å². The van der Waals surface area contributed by atoms with Crippen molar-refractivity contribution in [2.24, 2.45) is 0 Å². The van der Waals surface area contributed by atoms with Crippen LogP contribution in [0.2, 0.25) is 0 Å². The normalized spacial score (nSPS) is 12.5. The Morgan fingerprint density at radius 3 is 2.80 bits per heavy atom. The molecule has 2 heterocycles. The van der Waals surface area contributed by atoms with Crippen molar-refractivity contribution in [2.45, 2.75) is 39.8 Å². The Kier molecular flexibility index (Phi) is 4.40. The minimum Gasteiger partial charge on any atom is -0.341 e. The summed E-state index contributed by atoms with van der Waals surface area (Å²) in [7, 11) is 2.14. The molecule has 0 spiro atoms. The van der Waals surface area contributed by atoms with Crippen molar-refractivity contribution in [1.82, 2.24) is 25.2 Å². The van der Waals surface area contributed by atoms with Crippen molar-refractivity contribution in [1.29, 1.82) is 0 Å². The van der Waals surface area contributed by atoms with Gasteiger partial charge in [-0.3, -0.25) is 0 Å². The van der Waals surface area contributed by atoms with Crippen molar-refractivity contribution >= 4 is 11.2 Å². The van der Waals surface area contributed by atoms with E-state index in [4.69, 9.17) is 0 Å². The van der Waals surface area contributed by atoms with Crippen LogP contribution in [-0.2, 0) is 6.54 Å². The summed E-state index contributed by atoms with van der Waals surface area (Å²) < 4.78 is 0. The van der Waals surface area contributed by atoms with Gasteiger partial charge in [0, 0.05) is 31.4 Å². The number of aromatic nitrogens is 3. The second-order valence-electron chi connectivity index (χ2n) is 6.41. The second-order valence-corrected chi connectivity index (χ2v) is 6.41. The van der Waals surface area contributed by atoms with Crippen LogP contribution in [0.15, 0.2) is 12.3 Å². The zero-order valence-corrected chi connectivity index (χ0v) is 13.1. The van der Waals surface area contributed by atoms with E-state index >= 15 is 0 Å². The van der Waals surface area contributed by atoms with Crippen molar-refractivity contribution in [3.63, 3.8) is 0 Å². The number of nitrogens with one attached hydrogen (secondary N) is 2. The number of aromatic amines is 1. The molecule has 0 aliphatic rings. The Morgan fingerprint density at radius 2 is 2.10 bits per heavy atom. The molecule has 0 fully saturated rings. The molecule has 110 valence electrons. The van der Waals surface area contributed by atoms with Gasteiger partial charge in [0.2, 0.25) is 0 Å². The third kappa shape index (κ3) is 4.02. The number of hydrogen-bond acceptors (Lipinski definition) is 4. The number of aryl methyl sites for hydroxylation is 1. The van der Waals surface area contributed by atoms with Crippen molar-refractivity contribution in [3.8, 4) is 0 Å². The Bertz CT molecular complexity index is 567. The van der Waals surface area contributed by atoms with Crippen molar-refractivity contribution < 1.29 is 0 Å². The summed E-state index contributed by atoms with van der Waals surface area (Å²) in [6.07, 6.45) is 1.83. The average molecular weight is 275 g/mol. The van der Waals surface area contributed by atoms with E-state index in [-0.39, 0.29) is 5.54 Å². The maximum absolute atomic E-state index is 4.38. The fraction of sp³-hybridized carbons (Fsp3) is 0.600. The predicted molar refractivity (Wildman–Crippen MR) is 82.7 cm³/mol. The number of imidazole rings is 1. The highest BCUT2D eigenvalue weighted by molar-refractivity contribution is 5.74. The van der Waals surface area contributed by atoms with Crippen molar-refractivity contribution in [2.75, 3.05) is 20.1 Å². The highest BCUT2D eigenvalue weighted by Crippen LogP contribution is 2.15. The molecule has 0 unspecified atom stereocenters. The average Bonchev–Trinajstić information content (AvgIpc) is 2.68. The third-order valence-electron chi connectivity index (χ3n) is 3.19. The maximum atomic E-state index is 4.38. The summed E-state index contributed by atoms with van der Waals surface area (Å²) in [6, 6.07) is 2.06. The monoisotopic (exact) mass is 275 g/mol. The van der Waals surface area contributed by atoms with E-state index in [2.05, 4.69) is 59.1 Å². The maximum Gasteiger partial charge on any atom is 0.177 e. The summed E-state index contributed by atoms with van der Waals surface area (Å²) in [5.74, 6) is 0.914. The molecule has 20 heavy (non-hydrogen) atoms. The molecule has 0 saturated heterocycles. The van der Waals surface area contributed by atoms with Gasteiger partial charge in [-0.15, -0.1) is 0 Å². The molecular formula is C15H25N5. The van der Waals surface area contributed by atoms with E-state index in [1.165, 1.54) is 5.56 Å². The third-order valence-corrected chi connectivity index (χ3v) is 3.19. The predicted octanol–water partition coefficient (Wildman–Crippen LogP) is 2.09. The van der Waals surface area contributed by atoms with Crippen molar-refractivity contribution in [3.05, 3.63) is 23.7 Å². The highest BCUT2D eigenvalue weighted by atomic mass is 15.1. The zero-order valence-electron chi connectivity index (χ0n) is 13.1. The number of pyridine rings is 1. The molecule has 0 aromatic carbocycles. The summed E-state index contributed by atoms with van der Waals surface area (Å²) in [5.41, 5.74) is 3.28. The number of nitrogens with zero attached hydrogens (tertiary/aromatic N) is 3. The Labute approximate surface area is 120 Å². The zero-order chi connectivity index (χ0) is 14.8. The molecule has 2 aromatic heterocycles. The minimum atomic E-state index is 0.172. The number of rotatable bonds is 5. The van der Waals surface area contributed by atoms with E-state index < -0.39 is 0 Å². The van der Waals surface area contributed by atoms with Crippen LogP contribution in [0.25, 0.3) is 11.2 Å². The van der Waals surface area contributed by atoms with Crippen LogP contribution < -0.4 is 5.32 Å². The molecule has 0 atom stereocenters. The van der Waals surface area contributed by atoms with E-state index in [9.17, 15) is 0 Å². The summed E-state index contributed by atoms with van der Waals surface area (Å²) in [6.45, 7) is 11.4. The fourth-order valence-corrected chi connectivity index (χ4v) is 2.20. The van der Waals surface area contributed by atoms with Gasteiger partial charge in [0.15, 0.2) is 5.65 Å². The molecule has 0 amide bonds. The van der Waals surface area contributed by atoms with Crippen LogP contribution in [0.1, 0.15) is 32.2 Å². The SMILES string of the molecule is Cc1nc2nccc(CN(C)CCNC(C)(C)C)c2[nH]1. The first-order chi connectivity index (χ1) is 9.35. The van der Waals surface area contributed by atoms with Gasteiger partial charge in [0.05, 0.1) is 5.52 Å². The Balaban J connectivity index is 1.97. The van der Waals surface area contributed by atoms with Crippen LogP contribution in [0, 0.1) is 6.92 Å². The van der Waals surface area contributed by atoms with Gasteiger partial charge >= 0.3 is 0 Å². The van der Waals surface area contributed by atoms with Gasteiger partial charge in [-0.2, -0.15) is 0 Å². The topological polar surface area (TPSA) is 56.8 Å². The van der Waals surface area contributed by atoms with E-state index in [0.29, 0.717) is 0 Å². The Morgan fingerprint density at radius 1 is 1.35 bits per heavy atom. The van der Waals surface area contributed by atoms with Gasteiger partial charge in [-0.25, -0.2) is 9.97 Å². The molecule has 0 radical (unpaired) electrons. The van der Waals surface area contributed by atoms with Crippen LogP contribution in [0.3, 0.4) is 0 Å². The quantitative estimate of drug-likeness (QED) is 0.877. The largest absolute Gasteiger partial charge is 0.341 e. The lowest BCUT2D eigenvalue weighted by molar-refractivity contribution is 0.304. The molecule has 0 aliphatic heterocycles. The molecule has 0 bridgehead atoms. The molecule has 5 heteroatoms.